The zero-order valence-electron chi connectivity index (χ0n) is 11.8. The number of hydrogen-bond donors (Lipinski definition) is 0. The molecule has 0 N–H and O–H groups in total. The van der Waals surface area contributed by atoms with Gasteiger partial charge < -0.3 is 4.90 Å². The number of hydrogen-bond acceptors (Lipinski definition) is 2. The number of anilines is 2. The second kappa shape index (κ2) is 6.33. The molecule has 0 aliphatic carbocycles. The molecule has 20 heavy (non-hydrogen) atoms. The number of Topliss-reactive ketones (excluding diaryl/α,β-unsaturated/α-hetero) is 1. The van der Waals surface area contributed by atoms with Crippen molar-refractivity contribution in [3.8, 4) is 0 Å². The third kappa shape index (κ3) is 2.87. The van der Waals surface area contributed by atoms with Crippen LogP contribution in [0.15, 0.2) is 48.5 Å². The van der Waals surface area contributed by atoms with E-state index < -0.39 is 0 Å². The normalized spacial score (nSPS) is 10.3. The molecule has 0 atom stereocenters. The lowest BCUT2D eigenvalue weighted by atomic mass is 10.1. The van der Waals surface area contributed by atoms with Crippen LogP contribution in [0, 0.1) is 5.82 Å². The van der Waals surface area contributed by atoms with E-state index in [2.05, 4.69) is 0 Å². The van der Waals surface area contributed by atoms with Crippen LogP contribution in [0.2, 0.25) is 0 Å². The Hall–Kier alpha value is -2.16. The first-order valence-electron chi connectivity index (χ1n) is 6.82. The van der Waals surface area contributed by atoms with Crippen molar-refractivity contribution in [1.82, 2.24) is 0 Å². The predicted octanol–water partition coefficient (Wildman–Crippen LogP) is 4.58. The van der Waals surface area contributed by atoms with Crippen LogP contribution in [0.4, 0.5) is 15.8 Å². The SMILES string of the molecule is CCC(=O)c1ccc(N(CC)c2ccccc2F)cc1. The van der Waals surface area contributed by atoms with E-state index in [1.165, 1.54) is 6.07 Å². The molecule has 0 bridgehead atoms. The third-order valence-electron chi connectivity index (χ3n) is 3.28. The lowest BCUT2D eigenvalue weighted by Crippen LogP contribution is -2.17. The Labute approximate surface area is 118 Å². The Morgan fingerprint density at radius 2 is 1.70 bits per heavy atom. The summed E-state index contributed by atoms with van der Waals surface area (Å²) in [4.78, 5) is 13.5. The highest BCUT2D eigenvalue weighted by Crippen LogP contribution is 2.27. The molecule has 0 fully saturated rings. The second-order valence-electron chi connectivity index (χ2n) is 4.52. The molecule has 0 radical (unpaired) electrons. The molecule has 0 aromatic heterocycles. The van der Waals surface area contributed by atoms with Crippen molar-refractivity contribution in [2.45, 2.75) is 20.3 Å². The van der Waals surface area contributed by atoms with Gasteiger partial charge in [-0.1, -0.05) is 19.1 Å². The smallest absolute Gasteiger partial charge is 0.162 e. The number of ketones is 1. The predicted molar refractivity (Wildman–Crippen MR) is 80.1 cm³/mol. The van der Waals surface area contributed by atoms with Crippen LogP contribution < -0.4 is 4.90 Å². The van der Waals surface area contributed by atoms with Crippen LogP contribution in [-0.2, 0) is 0 Å². The van der Waals surface area contributed by atoms with E-state index in [1.807, 2.05) is 36.9 Å². The molecule has 0 aliphatic heterocycles. The largest absolute Gasteiger partial charge is 0.339 e. The maximum atomic E-state index is 13.9. The molecule has 3 heteroatoms. The summed E-state index contributed by atoms with van der Waals surface area (Å²) in [5, 5.41) is 0. The average molecular weight is 271 g/mol. The molecule has 0 unspecified atom stereocenters. The summed E-state index contributed by atoms with van der Waals surface area (Å²) in [6, 6.07) is 14.0. The van der Waals surface area contributed by atoms with E-state index in [0.717, 1.165) is 5.69 Å². The van der Waals surface area contributed by atoms with Crippen LogP contribution in [0.25, 0.3) is 0 Å². The highest BCUT2D eigenvalue weighted by Gasteiger charge is 2.12. The van der Waals surface area contributed by atoms with Gasteiger partial charge in [0.25, 0.3) is 0 Å². The molecule has 2 rings (SSSR count). The maximum Gasteiger partial charge on any atom is 0.162 e. The summed E-state index contributed by atoms with van der Waals surface area (Å²) < 4.78 is 13.9. The van der Waals surface area contributed by atoms with Gasteiger partial charge in [0.2, 0.25) is 0 Å². The van der Waals surface area contributed by atoms with E-state index in [1.54, 1.807) is 24.3 Å². The van der Waals surface area contributed by atoms with Gasteiger partial charge in [0.05, 0.1) is 5.69 Å². The molecule has 0 amide bonds. The zero-order valence-corrected chi connectivity index (χ0v) is 11.8. The number of benzene rings is 2. The van der Waals surface area contributed by atoms with Crippen molar-refractivity contribution < 1.29 is 9.18 Å². The van der Waals surface area contributed by atoms with Crippen LogP contribution in [-0.4, -0.2) is 12.3 Å². The zero-order chi connectivity index (χ0) is 14.5. The lowest BCUT2D eigenvalue weighted by Gasteiger charge is -2.23. The topological polar surface area (TPSA) is 20.3 Å². The molecular formula is C17H18FNO. The van der Waals surface area contributed by atoms with Gasteiger partial charge in [0.15, 0.2) is 5.78 Å². The van der Waals surface area contributed by atoms with Gasteiger partial charge in [0.1, 0.15) is 5.82 Å². The van der Waals surface area contributed by atoms with Crippen molar-refractivity contribution in [1.29, 1.82) is 0 Å². The first-order chi connectivity index (χ1) is 9.67. The van der Waals surface area contributed by atoms with Crippen molar-refractivity contribution >= 4 is 17.2 Å². The standard InChI is InChI=1S/C17H18FNO/c1-3-17(20)13-9-11-14(12-10-13)19(4-2)16-8-6-5-7-15(16)18/h5-12H,3-4H2,1-2H3. The number of carbonyl (C=O) groups excluding carboxylic acids is 1. The van der Waals surface area contributed by atoms with Gasteiger partial charge in [-0.25, -0.2) is 4.39 Å². The van der Waals surface area contributed by atoms with E-state index in [4.69, 9.17) is 0 Å². The molecule has 2 aromatic rings. The Morgan fingerprint density at radius 1 is 1.05 bits per heavy atom. The highest BCUT2D eigenvalue weighted by atomic mass is 19.1. The summed E-state index contributed by atoms with van der Waals surface area (Å²) >= 11 is 0. The Kier molecular flexibility index (Phi) is 4.51. The van der Waals surface area contributed by atoms with Crippen molar-refractivity contribution in [3.05, 3.63) is 59.9 Å². The Bertz CT molecular complexity index is 592. The fourth-order valence-corrected chi connectivity index (χ4v) is 2.19. The minimum atomic E-state index is -0.247. The van der Waals surface area contributed by atoms with Crippen LogP contribution in [0.1, 0.15) is 30.6 Å². The van der Waals surface area contributed by atoms with E-state index in [0.29, 0.717) is 24.2 Å². The molecule has 0 saturated carbocycles. The fourth-order valence-electron chi connectivity index (χ4n) is 2.19. The summed E-state index contributed by atoms with van der Waals surface area (Å²) in [6.07, 6.45) is 0.490. The fraction of sp³-hybridized carbons (Fsp3) is 0.235. The molecule has 2 nitrogen and oxygen atoms in total. The summed E-state index contributed by atoms with van der Waals surface area (Å²) in [5.74, 6) is -0.131. The van der Waals surface area contributed by atoms with Crippen LogP contribution >= 0.6 is 0 Å². The molecular weight excluding hydrogens is 253 g/mol. The minimum Gasteiger partial charge on any atom is -0.339 e. The van der Waals surface area contributed by atoms with Gasteiger partial charge >= 0.3 is 0 Å². The minimum absolute atomic E-state index is 0.116. The highest BCUT2D eigenvalue weighted by molar-refractivity contribution is 5.96. The molecule has 2 aromatic carbocycles. The molecule has 104 valence electrons. The van der Waals surface area contributed by atoms with Gasteiger partial charge in [-0.15, -0.1) is 0 Å². The van der Waals surface area contributed by atoms with Gasteiger partial charge in [0, 0.05) is 24.2 Å². The molecule has 0 heterocycles. The molecule has 0 aliphatic rings. The van der Waals surface area contributed by atoms with Gasteiger partial charge in [-0.05, 0) is 43.3 Å². The van der Waals surface area contributed by atoms with E-state index in [9.17, 15) is 9.18 Å². The van der Waals surface area contributed by atoms with Crippen LogP contribution in [0.3, 0.4) is 0 Å². The number of rotatable bonds is 5. The lowest BCUT2D eigenvalue weighted by molar-refractivity contribution is 0.0988. The maximum absolute atomic E-state index is 13.9. The average Bonchev–Trinajstić information content (AvgIpc) is 2.50. The summed E-state index contributed by atoms with van der Waals surface area (Å²) in [6.45, 7) is 4.47. The second-order valence-corrected chi connectivity index (χ2v) is 4.52. The Balaban J connectivity index is 2.33. The van der Waals surface area contributed by atoms with Crippen molar-refractivity contribution in [2.75, 3.05) is 11.4 Å². The van der Waals surface area contributed by atoms with Gasteiger partial charge in [-0.3, -0.25) is 4.79 Å². The van der Waals surface area contributed by atoms with Gasteiger partial charge in [-0.2, -0.15) is 0 Å². The van der Waals surface area contributed by atoms with Crippen LogP contribution in [0.5, 0.6) is 0 Å². The van der Waals surface area contributed by atoms with E-state index in [-0.39, 0.29) is 11.6 Å². The number of halogens is 1. The first kappa shape index (κ1) is 14.3. The van der Waals surface area contributed by atoms with Crippen molar-refractivity contribution in [2.24, 2.45) is 0 Å². The number of para-hydroxylation sites is 1. The van der Waals surface area contributed by atoms with Crippen molar-refractivity contribution in [3.63, 3.8) is 0 Å². The molecule has 0 saturated heterocycles. The quantitative estimate of drug-likeness (QED) is 0.742. The summed E-state index contributed by atoms with van der Waals surface area (Å²) in [7, 11) is 0. The third-order valence-corrected chi connectivity index (χ3v) is 3.28. The monoisotopic (exact) mass is 271 g/mol. The Morgan fingerprint density at radius 3 is 2.25 bits per heavy atom. The first-order valence-corrected chi connectivity index (χ1v) is 6.82. The summed E-state index contributed by atoms with van der Waals surface area (Å²) in [5.41, 5.74) is 2.12. The molecule has 0 spiro atoms. The number of carbonyl (C=O) groups is 1. The van der Waals surface area contributed by atoms with E-state index >= 15 is 0 Å². The number of nitrogens with zero attached hydrogens (tertiary/aromatic N) is 1.